The Labute approximate surface area is 151 Å². The largest absolute Gasteiger partial charge is 0.416 e. The molecule has 0 heterocycles. The maximum absolute atomic E-state index is 12.6. The molecule has 2 aromatic carbocycles. The Morgan fingerprint density at radius 1 is 1.08 bits per heavy atom. The molecule has 0 atom stereocenters. The van der Waals surface area contributed by atoms with Gasteiger partial charge in [-0.15, -0.1) is 11.8 Å². The summed E-state index contributed by atoms with van der Waals surface area (Å²) in [4.78, 5) is 24.4. The number of nitrogens with one attached hydrogen (secondary N) is 2. The molecule has 2 aromatic rings. The van der Waals surface area contributed by atoms with Gasteiger partial charge in [0, 0.05) is 10.6 Å². The molecule has 0 aromatic heterocycles. The van der Waals surface area contributed by atoms with Gasteiger partial charge < -0.3 is 5.32 Å². The zero-order chi connectivity index (χ0) is 19.2. The van der Waals surface area contributed by atoms with Crippen molar-refractivity contribution in [2.45, 2.75) is 11.1 Å². The molecule has 0 spiro atoms. The first-order valence-corrected chi connectivity index (χ1v) is 8.48. The van der Waals surface area contributed by atoms with E-state index in [1.54, 1.807) is 23.9 Å². The number of amides is 2. The summed E-state index contributed by atoms with van der Waals surface area (Å²) in [5.41, 5.74) is 1.65. The number of hydrazone groups is 1. The molecular weight excluding hydrogens is 367 g/mol. The van der Waals surface area contributed by atoms with E-state index in [1.807, 2.05) is 23.8 Å². The second-order valence-corrected chi connectivity index (χ2v) is 5.88. The molecule has 5 nitrogen and oxygen atoms in total. The van der Waals surface area contributed by atoms with E-state index in [2.05, 4.69) is 10.4 Å². The van der Waals surface area contributed by atoms with Crippen LogP contribution in [0.3, 0.4) is 0 Å². The van der Waals surface area contributed by atoms with Crippen LogP contribution >= 0.6 is 11.8 Å². The van der Waals surface area contributed by atoms with Crippen LogP contribution in [0.5, 0.6) is 0 Å². The van der Waals surface area contributed by atoms with E-state index < -0.39 is 23.6 Å². The minimum absolute atomic E-state index is 0.142. The Hall–Kier alpha value is -2.81. The number of benzene rings is 2. The van der Waals surface area contributed by atoms with Crippen LogP contribution in [0.15, 0.2) is 58.5 Å². The summed E-state index contributed by atoms with van der Waals surface area (Å²) in [5.74, 6) is -2.22. The molecule has 0 radical (unpaired) electrons. The Kier molecular flexibility index (Phi) is 6.40. The van der Waals surface area contributed by atoms with Crippen molar-refractivity contribution in [3.63, 3.8) is 0 Å². The first-order valence-electron chi connectivity index (χ1n) is 7.25. The lowest BCUT2D eigenvalue weighted by atomic mass is 10.2. The quantitative estimate of drug-likeness (QED) is 0.369. The van der Waals surface area contributed by atoms with Crippen molar-refractivity contribution in [3.8, 4) is 0 Å². The van der Waals surface area contributed by atoms with Gasteiger partial charge in [0.2, 0.25) is 0 Å². The summed E-state index contributed by atoms with van der Waals surface area (Å²) in [6.45, 7) is 0. The third-order valence-corrected chi connectivity index (χ3v) is 3.89. The van der Waals surface area contributed by atoms with Crippen LogP contribution in [-0.4, -0.2) is 24.3 Å². The molecule has 0 aliphatic carbocycles. The minimum Gasteiger partial charge on any atom is -0.318 e. The molecule has 0 bridgehead atoms. The highest BCUT2D eigenvalue weighted by molar-refractivity contribution is 7.98. The Balaban J connectivity index is 1.93. The van der Waals surface area contributed by atoms with Gasteiger partial charge in [-0.25, -0.2) is 5.43 Å². The van der Waals surface area contributed by atoms with Gasteiger partial charge in [-0.05, 0) is 42.2 Å². The molecule has 0 aliphatic rings. The zero-order valence-corrected chi connectivity index (χ0v) is 14.3. The highest BCUT2D eigenvalue weighted by Crippen LogP contribution is 2.30. The Morgan fingerprint density at radius 3 is 2.38 bits per heavy atom. The number of carbonyl (C=O) groups is 2. The molecule has 136 valence electrons. The van der Waals surface area contributed by atoms with Crippen molar-refractivity contribution in [3.05, 3.63) is 59.7 Å². The molecule has 26 heavy (non-hydrogen) atoms. The predicted molar refractivity (Wildman–Crippen MR) is 94.0 cm³/mol. The molecule has 0 saturated carbocycles. The number of nitrogens with zero attached hydrogens (tertiary/aromatic N) is 1. The maximum Gasteiger partial charge on any atom is 0.416 e. The lowest BCUT2D eigenvalue weighted by Gasteiger charge is -2.09. The van der Waals surface area contributed by atoms with Gasteiger partial charge in [-0.1, -0.05) is 18.2 Å². The summed E-state index contributed by atoms with van der Waals surface area (Å²) in [6.07, 6.45) is -1.26. The Bertz CT molecular complexity index is 821. The van der Waals surface area contributed by atoms with Gasteiger partial charge in [0.15, 0.2) is 0 Å². The highest BCUT2D eigenvalue weighted by Gasteiger charge is 2.30. The summed E-state index contributed by atoms with van der Waals surface area (Å²) < 4.78 is 37.9. The Morgan fingerprint density at radius 2 is 1.77 bits per heavy atom. The van der Waals surface area contributed by atoms with Crippen LogP contribution in [0, 0.1) is 0 Å². The van der Waals surface area contributed by atoms with E-state index in [9.17, 15) is 22.8 Å². The average Bonchev–Trinajstić information content (AvgIpc) is 2.61. The standard InChI is InChI=1S/C17H14F3N3O2S/c1-26-14-7-5-11(6-8-14)10-21-23-16(25)15(24)22-13-4-2-3-12(9-13)17(18,19)20/h2-10H,1H3,(H,22,24)(H,23,25)/b21-10-. The van der Waals surface area contributed by atoms with E-state index >= 15 is 0 Å². The molecule has 2 rings (SSSR count). The summed E-state index contributed by atoms with van der Waals surface area (Å²) in [5, 5.41) is 5.73. The van der Waals surface area contributed by atoms with Crippen molar-refractivity contribution in [1.29, 1.82) is 0 Å². The first-order chi connectivity index (χ1) is 12.3. The number of carbonyl (C=O) groups excluding carboxylic acids is 2. The number of halogens is 3. The second kappa shape index (κ2) is 8.52. The predicted octanol–water partition coefficient (Wildman–Crippen LogP) is 3.52. The second-order valence-electron chi connectivity index (χ2n) is 5.00. The number of hydrogen-bond acceptors (Lipinski definition) is 4. The van der Waals surface area contributed by atoms with Crippen LogP contribution in [0.4, 0.5) is 18.9 Å². The maximum atomic E-state index is 12.6. The molecule has 9 heteroatoms. The van der Waals surface area contributed by atoms with Crippen molar-refractivity contribution in [2.75, 3.05) is 11.6 Å². The molecule has 0 aliphatic heterocycles. The third-order valence-electron chi connectivity index (χ3n) is 3.15. The van der Waals surface area contributed by atoms with Gasteiger partial charge in [0.1, 0.15) is 0 Å². The van der Waals surface area contributed by atoms with Gasteiger partial charge in [-0.3, -0.25) is 9.59 Å². The minimum atomic E-state index is -4.54. The van der Waals surface area contributed by atoms with E-state index in [0.717, 1.165) is 23.1 Å². The first kappa shape index (κ1) is 19.5. The fourth-order valence-electron chi connectivity index (χ4n) is 1.87. The summed E-state index contributed by atoms with van der Waals surface area (Å²) in [7, 11) is 0. The SMILES string of the molecule is CSc1ccc(/C=N\NC(=O)C(=O)Nc2cccc(C(F)(F)F)c2)cc1. The fourth-order valence-corrected chi connectivity index (χ4v) is 2.28. The van der Waals surface area contributed by atoms with E-state index in [4.69, 9.17) is 0 Å². The number of hydrogen-bond donors (Lipinski definition) is 2. The van der Waals surface area contributed by atoms with E-state index in [-0.39, 0.29) is 5.69 Å². The lowest BCUT2D eigenvalue weighted by molar-refractivity contribution is -0.137. The van der Waals surface area contributed by atoms with Crippen LogP contribution in [0.25, 0.3) is 0 Å². The van der Waals surface area contributed by atoms with Crippen molar-refractivity contribution < 1.29 is 22.8 Å². The third kappa shape index (κ3) is 5.62. The molecule has 0 saturated heterocycles. The number of alkyl halides is 3. The topological polar surface area (TPSA) is 70.6 Å². The molecular formula is C17H14F3N3O2S. The normalized spacial score (nSPS) is 11.4. The van der Waals surface area contributed by atoms with Crippen molar-refractivity contribution in [1.82, 2.24) is 5.43 Å². The van der Waals surface area contributed by atoms with Crippen molar-refractivity contribution >= 4 is 35.5 Å². The van der Waals surface area contributed by atoms with E-state index in [1.165, 1.54) is 12.3 Å². The molecule has 0 fully saturated rings. The van der Waals surface area contributed by atoms with Gasteiger partial charge in [0.05, 0.1) is 11.8 Å². The smallest absolute Gasteiger partial charge is 0.318 e. The van der Waals surface area contributed by atoms with Crippen LogP contribution in [0.1, 0.15) is 11.1 Å². The monoisotopic (exact) mass is 381 g/mol. The number of anilines is 1. The van der Waals surface area contributed by atoms with Gasteiger partial charge >= 0.3 is 18.0 Å². The van der Waals surface area contributed by atoms with Crippen LogP contribution in [0.2, 0.25) is 0 Å². The molecule has 0 unspecified atom stereocenters. The van der Waals surface area contributed by atoms with Crippen LogP contribution < -0.4 is 10.7 Å². The average molecular weight is 381 g/mol. The lowest BCUT2D eigenvalue weighted by Crippen LogP contribution is -2.32. The van der Waals surface area contributed by atoms with E-state index in [0.29, 0.717) is 5.56 Å². The van der Waals surface area contributed by atoms with Crippen LogP contribution in [-0.2, 0) is 15.8 Å². The zero-order valence-electron chi connectivity index (χ0n) is 13.5. The summed E-state index contributed by atoms with van der Waals surface area (Å²) >= 11 is 1.58. The molecule has 2 N–H and O–H groups in total. The van der Waals surface area contributed by atoms with Crippen molar-refractivity contribution in [2.24, 2.45) is 5.10 Å². The number of rotatable bonds is 4. The van der Waals surface area contributed by atoms with Gasteiger partial charge in [0.25, 0.3) is 0 Å². The highest BCUT2D eigenvalue weighted by atomic mass is 32.2. The molecule has 2 amide bonds. The summed E-state index contributed by atoms with van der Waals surface area (Å²) in [6, 6.07) is 11.3. The fraction of sp³-hybridized carbons (Fsp3) is 0.118. The number of thioether (sulfide) groups is 1. The van der Waals surface area contributed by atoms with Gasteiger partial charge in [-0.2, -0.15) is 18.3 Å².